The summed E-state index contributed by atoms with van der Waals surface area (Å²) in [4.78, 5) is 8.38. The molecule has 0 saturated heterocycles. The van der Waals surface area contributed by atoms with Crippen molar-refractivity contribution in [3.63, 3.8) is 0 Å². The van der Waals surface area contributed by atoms with Gasteiger partial charge in [0.05, 0.1) is 12.0 Å². The number of aromatic nitrogens is 2. The van der Waals surface area contributed by atoms with E-state index in [1.54, 1.807) is 12.1 Å². The number of halogens is 2. The van der Waals surface area contributed by atoms with Crippen LogP contribution in [0.1, 0.15) is 0 Å². The second kappa shape index (κ2) is 7.63. The molecule has 8 heteroatoms. The van der Waals surface area contributed by atoms with Gasteiger partial charge in [-0.25, -0.2) is 4.39 Å². The van der Waals surface area contributed by atoms with Crippen LogP contribution in [-0.2, 0) is 0 Å². The summed E-state index contributed by atoms with van der Waals surface area (Å²) in [6.07, 6.45) is 1.90. The molecule has 0 fully saturated rings. The van der Waals surface area contributed by atoms with Crippen molar-refractivity contribution in [2.24, 2.45) is 0 Å². The van der Waals surface area contributed by atoms with E-state index in [0.29, 0.717) is 22.5 Å². The molecule has 3 aromatic rings. The third-order valence-electron chi connectivity index (χ3n) is 3.23. The Bertz CT molecular complexity index is 843. The normalized spacial score (nSPS) is 10.8. The first kappa shape index (κ1) is 16.7. The van der Waals surface area contributed by atoms with E-state index in [-0.39, 0.29) is 6.61 Å². The Morgan fingerprint density at radius 3 is 3.00 bits per heavy atom. The van der Waals surface area contributed by atoms with Crippen LogP contribution in [0.2, 0.25) is 5.02 Å². The predicted molar refractivity (Wildman–Crippen MR) is 95.0 cm³/mol. The molecule has 0 aliphatic rings. The number of methoxy groups -OCH3 is 1. The lowest BCUT2D eigenvalue weighted by Gasteiger charge is -2.11. The van der Waals surface area contributed by atoms with E-state index < -0.39 is 6.67 Å². The lowest BCUT2D eigenvalue weighted by atomic mass is 10.2. The van der Waals surface area contributed by atoms with E-state index in [2.05, 4.69) is 14.7 Å². The first-order chi connectivity index (χ1) is 11.7. The number of hydrogen-bond acceptors (Lipinski definition) is 5. The van der Waals surface area contributed by atoms with Crippen molar-refractivity contribution in [3.8, 4) is 11.8 Å². The standard InChI is InChI=1S/C16H15ClFN3O2S/c1-22-16-12(4-5-15(20-16)23-7-6-18)21-24-14-9-19-13-8-10(17)2-3-11(13)14/h2-5,8-9,19,21H,6-7H2,1H3. The molecule has 2 N–H and O–H groups in total. The van der Waals surface area contributed by atoms with Crippen LogP contribution in [0.25, 0.3) is 10.9 Å². The van der Waals surface area contributed by atoms with Crippen LogP contribution in [0.15, 0.2) is 41.4 Å². The summed E-state index contributed by atoms with van der Waals surface area (Å²) in [6, 6.07) is 9.12. The molecule has 0 bridgehead atoms. The third-order valence-corrected chi connectivity index (χ3v) is 4.35. The first-order valence-corrected chi connectivity index (χ1v) is 8.34. The van der Waals surface area contributed by atoms with Crippen molar-refractivity contribution in [1.82, 2.24) is 9.97 Å². The van der Waals surface area contributed by atoms with Crippen LogP contribution in [0.5, 0.6) is 11.8 Å². The van der Waals surface area contributed by atoms with Crippen LogP contribution in [0, 0.1) is 0 Å². The van der Waals surface area contributed by atoms with Crippen LogP contribution < -0.4 is 14.2 Å². The highest BCUT2D eigenvalue weighted by molar-refractivity contribution is 8.00. The topological polar surface area (TPSA) is 59.2 Å². The fraction of sp³-hybridized carbons (Fsp3) is 0.188. The molecule has 5 nitrogen and oxygen atoms in total. The maximum Gasteiger partial charge on any atom is 0.241 e. The van der Waals surface area contributed by atoms with Gasteiger partial charge in [-0.1, -0.05) is 17.7 Å². The second-order valence-corrected chi connectivity index (χ2v) is 6.08. The Hall–Kier alpha value is -2.12. The lowest BCUT2D eigenvalue weighted by molar-refractivity contribution is 0.261. The number of nitrogens with zero attached hydrogens (tertiary/aromatic N) is 1. The number of fused-ring (bicyclic) bond motifs is 1. The van der Waals surface area contributed by atoms with Crippen LogP contribution >= 0.6 is 23.5 Å². The van der Waals surface area contributed by atoms with Crippen molar-refractivity contribution in [3.05, 3.63) is 41.6 Å². The van der Waals surface area contributed by atoms with Crippen LogP contribution in [0.4, 0.5) is 10.1 Å². The average Bonchev–Trinajstić information content (AvgIpc) is 3.00. The number of nitrogens with one attached hydrogen (secondary N) is 2. The average molecular weight is 368 g/mol. The summed E-state index contributed by atoms with van der Waals surface area (Å²) in [5.41, 5.74) is 1.66. The van der Waals surface area contributed by atoms with Gasteiger partial charge >= 0.3 is 0 Å². The minimum Gasteiger partial charge on any atom is -0.479 e. The van der Waals surface area contributed by atoms with E-state index >= 15 is 0 Å². The number of pyridine rings is 1. The maximum atomic E-state index is 12.2. The summed E-state index contributed by atoms with van der Waals surface area (Å²) in [5.74, 6) is 0.698. The molecule has 24 heavy (non-hydrogen) atoms. The van der Waals surface area contributed by atoms with E-state index in [1.807, 2.05) is 24.4 Å². The second-order valence-electron chi connectivity index (χ2n) is 4.79. The number of aromatic amines is 1. The lowest BCUT2D eigenvalue weighted by Crippen LogP contribution is -2.02. The molecule has 1 aromatic carbocycles. The minimum absolute atomic E-state index is 0.0322. The van der Waals surface area contributed by atoms with Gasteiger partial charge in [0, 0.05) is 28.2 Å². The summed E-state index contributed by atoms with van der Waals surface area (Å²) in [5, 5.41) is 1.75. The highest BCUT2D eigenvalue weighted by Gasteiger charge is 2.10. The fourth-order valence-corrected chi connectivity index (χ4v) is 3.10. The molecular formula is C16H15ClFN3O2S. The van der Waals surface area contributed by atoms with Crippen molar-refractivity contribution in [2.75, 3.05) is 25.1 Å². The smallest absolute Gasteiger partial charge is 0.241 e. The molecule has 2 heterocycles. The SMILES string of the molecule is COc1nc(OCCF)ccc1NSc1c[nH]c2cc(Cl)ccc12. The summed E-state index contributed by atoms with van der Waals surface area (Å²) in [7, 11) is 1.52. The van der Waals surface area contributed by atoms with Gasteiger partial charge in [0.25, 0.3) is 0 Å². The summed E-state index contributed by atoms with van der Waals surface area (Å²) >= 11 is 7.41. The summed E-state index contributed by atoms with van der Waals surface area (Å²) < 4.78 is 25.8. The van der Waals surface area contributed by atoms with Gasteiger partial charge < -0.3 is 19.2 Å². The van der Waals surface area contributed by atoms with Gasteiger partial charge in [0.1, 0.15) is 19.0 Å². The van der Waals surface area contributed by atoms with Crippen LogP contribution in [-0.4, -0.2) is 30.4 Å². The Balaban J connectivity index is 1.75. The minimum atomic E-state index is -0.565. The Morgan fingerprint density at radius 2 is 2.21 bits per heavy atom. The molecule has 3 rings (SSSR count). The third kappa shape index (κ3) is 3.68. The quantitative estimate of drug-likeness (QED) is 0.593. The molecule has 0 radical (unpaired) electrons. The molecule has 0 unspecified atom stereocenters. The number of benzene rings is 1. The van der Waals surface area contributed by atoms with Gasteiger partial charge in [-0.2, -0.15) is 4.98 Å². The number of H-pyrrole nitrogens is 1. The monoisotopic (exact) mass is 367 g/mol. The maximum absolute atomic E-state index is 12.2. The van der Waals surface area contributed by atoms with Crippen molar-refractivity contribution >= 4 is 40.1 Å². The Kier molecular flexibility index (Phi) is 5.32. The molecule has 2 aromatic heterocycles. The van der Waals surface area contributed by atoms with Crippen LogP contribution in [0.3, 0.4) is 0 Å². The molecule has 126 valence electrons. The molecule has 0 saturated carbocycles. The van der Waals surface area contributed by atoms with Crippen molar-refractivity contribution in [2.45, 2.75) is 4.90 Å². The zero-order chi connectivity index (χ0) is 16.9. The van der Waals surface area contributed by atoms with Gasteiger partial charge in [0.15, 0.2) is 0 Å². The van der Waals surface area contributed by atoms with E-state index in [1.165, 1.54) is 19.1 Å². The molecule has 0 spiro atoms. The van der Waals surface area contributed by atoms with E-state index in [0.717, 1.165) is 15.8 Å². The van der Waals surface area contributed by atoms with E-state index in [9.17, 15) is 4.39 Å². The van der Waals surface area contributed by atoms with Crippen molar-refractivity contribution < 1.29 is 13.9 Å². The zero-order valence-electron chi connectivity index (χ0n) is 12.8. The number of ether oxygens (including phenoxy) is 2. The van der Waals surface area contributed by atoms with Gasteiger partial charge in [0.2, 0.25) is 11.8 Å². The Labute approximate surface area is 147 Å². The largest absolute Gasteiger partial charge is 0.479 e. The highest BCUT2D eigenvalue weighted by atomic mass is 35.5. The number of hydrogen-bond donors (Lipinski definition) is 2. The number of rotatable bonds is 7. The molecule has 0 amide bonds. The predicted octanol–water partition coefficient (Wildman–Crippen LogP) is 4.69. The first-order valence-electron chi connectivity index (χ1n) is 7.14. The van der Waals surface area contributed by atoms with E-state index in [4.69, 9.17) is 21.1 Å². The van der Waals surface area contributed by atoms with Crippen molar-refractivity contribution in [1.29, 1.82) is 0 Å². The van der Waals surface area contributed by atoms with Gasteiger partial charge in [-0.05, 0) is 30.1 Å². The molecular weight excluding hydrogens is 353 g/mol. The molecule has 0 aliphatic carbocycles. The number of alkyl halides is 1. The number of anilines is 1. The fourth-order valence-electron chi connectivity index (χ4n) is 2.15. The Morgan fingerprint density at radius 1 is 1.33 bits per heavy atom. The van der Waals surface area contributed by atoms with Gasteiger partial charge in [-0.3, -0.25) is 0 Å². The highest BCUT2D eigenvalue weighted by Crippen LogP contribution is 2.33. The molecule has 0 aliphatic heterocycles. The van der Waals surface area contributed by atoms with Gasteiger partial charge in [-0.15, -0.1) is 0 Å². The molecule has 0 atom stereocenters. The summed E-state index contributed by atoms with van der Waals surface area (Å²) in [6.45, 7) is -0.597. The zero-order valence-corrected chi connectivity index (χ0v) is 14.4.